The lowest BCUT2D eigenvalue weighted by atomic mass is 9.98. The summed E-state index contributed by atoms with van der Waals surface area (Å²) >= 11 is 0. The van der Waals surface area contributed by atoms with Crippen LogP contribution < -0.4 is 5.32 Å². The van der Waals surface area contributed by atoms with Gasteiger partial charge in [0.25, 0.3) is 0 Å². The van der Waals surface area contributed by atoms with E-state index in [0.29, 0.717) is 0 Å². The average molecular weight is 349 g/mol. The summed E-state index contributed by atoms with van der Waals surface area (Å²) in [5.74, 6) is 1.66. The van der Waals surface area contributed by atoms with Crippen LogP contribution in [0.1, 0.15) is 35.9 Å². The molecule has 0 amide bonds. The highest BCUT2D eigenvalue weighted by atomic mass is 16.5. The van der Waals surface area contributed by atoms with E-state index in [1.54, 1.807) is 0 Å². The fraction of sp³-hybridized carbons (Fsp3) is 0.350. The number of ether oxygens (including phenoxy) is 1. The van der Waals surface area contributed by atoms with Crippen LogP contribution in [0, 0.1) is 0 Å². The number of rotatable bonds is 5. The predicted molar refractivity (Wildman–Crippen MR) is 99.8 cm³/mol. The van der Waals surface area contributed by atoms with Crippen molar-refractivity contribution in [2.75, 3.05) is 11.9 Å². The fourth-order valence-corrected chi connectivity index (χ4v) is 3.38. The molecule has 1 aromatic carbocycles. The number of hydrogen-bond acceptors (Lipinski definition) is 5. The smallest absolute Gasteiger partial charge is 0.135 e. The summed E-state index contributed by atoms with van der Waals surface area (Å²) in [5, 5.41) is 7.83. The Morgan fingerprint density at radius 3 is 2.92 bits per heavy atom. The molecular weight excluding hydrogens is 326 g/mol. The molecule has 2 aromatic heterocycles. The van der Waals surface area contributed by atoms with Crippen LogP contribution in [0.3, 0.4) is 0 Å². The first kappa shape index (κ1) is 16.7. The van der Waals surface area contributed by atoms with Crippen LogP contribution in [0.2, 0.25) is 0 Å². The number of aromatic nitrogens is 4. The van der Waals surface area contributed by atoms with Crippen LogP contribution in [0.25, 0.3) is 0 Å². The molecular formula is C20H23N5O. The van der Waals surface area contributed by atoms with E-state index in [4.69, 9.17) is 9.72 Å². The van der Waals surface area contributed by atoms with Gasteiger partial charge in [-0.05, 0) is 24.5 Å². The van der Waals surface area contributed by atoms with Crippen molar-refractivity contribution in [3.05, 3.63) is 71.9 Å². The van der Waals surface area contributed by atoms with E-state index in [0.717, 1.165) is 43.1 Å². The normalized spacial score (nSPS) is 20.0. The van der Waals surface area contributed by atoms with Crippen molar-refractivity contribution in [1.29, 1.82) is 0 Å². The number of nitrogens with zero attached hydrogens (tertiary/aromatic N) is 4. The van der Waals surface area contributed by atoms with Gasteiger partial charge in [0.1, 0.15) is 17.7 Å². The zero-order valence-corrected chi connectivity index (χ0v) is 14.9. The molecule has 6 heteroatoms. The molecule has 0 radical (unpaired) electrons. The molecule has 1 N–H and O–H groups in total. The van der Waals surface area contributed by atoms with Gasteiger partial charge in [0.05, 0.1) is 12.2 Å². The predicted octanol–water partition coefficient (Wildman–Crippen LogP) is 3.13. The molecule has 1 aliphatic rings. The van der Waals surface area contributed by atoms with E-state index in [9.17, 15) is 0 Å². The molecule has 1 fully saturated rings. The van der Waals surface area contributed by atoms with Gasteiger partial charge >= 0.3 is 0 Å². The Hall–Kier alpha value is -2.73. The van der Waals surface area contributed by atoms with E-state index < -0.39 is 0 Å². The zero-order chi connectivity index (χ0) is 17.8. The number of anilines is 1. The lowest BCUT2D eigenvalue weighted by molar-refractivity contribution is 0.00551. The maximum Gasteiger partial charge on any atom is 0.135 e. The second-order valence-electron chi connectivity index (χ2n) is 6.65. The number of hydrogen-bond donors (Lipinski definition) is 1. The maximum absolute atomic E-state index is 6.03. The number of benzene rings is 1. The van der Waals surface area contributed by atoms with Crippen LogP contribution in [0.4, 0.5) is 5.82 Å². The summed E-state index contributed by atoms with van der Waals surface area (Å²) in [7, 11) is 1.93. The van der Waals surface area contributed by atoms with Gasteiger partial charge in [0.2, 0.25) is 0 Å². The van der Waals surface area contributed by atoms with Crippen LogP contribution >= 0.6 is 0 Å². The van der Waals surface area contributed by atoms with E-state index in [1.807, 2.05) is 54.6 Å². The third kappa shape index (κ3) is 3.91. The third-order valence-corrected chi connectivity index (χ3v) is 4.62. The standard InChI is InChI=1S/C20H23N5O/c1-25-14-16(13-22-25)20-17(8-5-11-26-20)23-18-9-10-21-19(24-18)12-15-6-3-2-4-7-15/h2-4,6-7,9-10,13-14,17,20H,5,8,11-12H2,1H3,(H,21,23,24)/t17-,20+/m0/s1. The highest BCUT2D eigenvalue weighted by Gasteiger charge is 2.28. The Morgan fingerprint density at radius 1 is 1.23 bits per heavy atom. The molecule has 0 spiro atoms. The largest absolute Gasteiger partial charge is 0.371 e. The summed E-state index contributed by atoms with van der Waals surface area (Å²) in [6.45, 7) is 0.779. The van der Waals surface area contributed by atoms with E-state index in [-0.39, 0.29) is 12.1 Å². The average Bonchev–Trinajstić information content (AvgIpc) is 3.10. The SMILES string of the molecule is Cn1cc([C@H]2OCCC[C@@H]2Nc2ccnc(Cc3ccccc3)n2)cn1. The van der Waals surface area contributed by atoms with Crippen LogP contribution in [-0.2, 0) is 18.2 Å². The van der Waals surface area contributed by atoms with Crippen molar-refractivity contribution in [2.24, 2.45) is 7.05 Å². The Kier molecular flexibility index (Phi) is 4.93. The lowest BCUT2D eigenvalue weighted by Gasteiger charge is -2.32. The first-order valence-corrected chi connectivity index (χ1v) is 9.00. The minimum atomic E-state index is -0.00927. The van der Waals surface area contributed by atoms with Gasteiger partial charge in [-0.15, -0.1) is 0 Å². The summed E-state index contributed by atoms with van der Waals surface area (Å²) in [6, 6.07) is 12.4. The van der Waals surface area contributed by atoms with Gasteiger partial charge in [-0.2, -0.15) is 5.10 Å². The lowest BCUT2D eigenvalue weighted by Crippen LogP contribution is -2.34. The van der Waals surface area contributed by atoms with Gasteiger partial charge in [-0.1, -0.05) is 30.3 Å². The van der Waals surface area contributed by atoms with Gasteiger partial charge in [0, 0.05) is 38.0 Å². The second kappa shape index (κ2) is 7.66. The molecule has 0 unspecified atom stereocenters. The molecule has 134 valence electrons. The van der Waals surface area contributed by atoms with Crippen molar-refractivity contribution < 1.29 is 4.74 Å². The molecule has 6 nitrogen and oxygen atoms in total. The minimum absolute atomic E-state index is 0.00927. The Morgan fingerprint density at radius 2 is 2.12 bits per heavy atom. The summed E-state index contributed by atoms with van der Waals surface area (Å²) in [5.41, 5.74) is 2.31. The van der Waals surface area contributed by atoms with Crippen LogP contribution in [0.15, 0.2) is 55.0 Å². The van der Waals surface area contributed by atoms with Gasteiger partial charge in [0.15, 0.2) is 0 Å². The summed E-state index contributed by atoms with van der Waals surface area (Å²) in [4.78, 5) is 9.11. The molecule has 1 aliphatic heterocycles. The van der Waals surface area contributed by atoms with Crippen molar-refractivity contribution in [2.45, 2.75) is 31.4 Å². The minimum Gasteiger partial charge on any atom is -0.371 e. The Balaban J connectivity index is 1.49. The number of aryl methyl sites for hydroxylation is 1. The topological polar surface area (TPSA) is 64.9 Å². The Bertz CT molecular complexity index is 848. The quantitative estimate of drug-likeness (QED) is 0.767. The first-order chi connectivity index (χ1) is 12.8. The van der Waals surface area contributed by atoms with Crippen molar-refractivity contribution in [1.82, 2.24) is 19.7 Å². The van der Waals surface area contributed by atoms with E-state index in [2.05, 4.69) is 27.5 Å². The molecule has 0 aliphatic carbocycles. The molecule has 2 atom stereocenters. The molecule has 0 saturated carbocycles. The van der Waals surface area contributed by atoms with Gasteiger partial charge < -0.3 is 10.1 Å². The molecule has 3 aromatic rings. The highest BCUT2D eigenvalue weighted by Crippen LogP contribution is 2.30. The second-order valence-corrected chi connectivity index (χ2v) is 6.65. The van der Waals surface area contributed by atoms with Crippen molar-refractivity contribution in [3.8, 4) is 0 Å². The summed E-state index contributed by atoms with van der Waals surface area (Å²) < 4.78 is 7.84. The third-order valence-electron chi connectivity index (χ3n) is 4.62. The Labute approximate surface area is 153 Å². The van der Waals surface area contributed by atoms with Crippen molar-refractivity contribution >= 4 is 5.82 Å². The monoisotopic (exact) mass is 349 g/mol. The maximum atomic E-state index is 6.03. The number of nitrogens with one attached hydrogen (secondary N) is 1. The van der Waals surface area contributed by atoms with Crippen molar-refractivity contribution in [3.63, 3.8) is 0 Å². The first-order valence-electron chi connectivity index (χ1n) is 9.00. The fourth-order valence-electron chi connectivity index (χ4n) is 3.38. The molecule has 26 heavy (non-hydrogen) atoms. The molecule has 3 heterocycles. The van der Waals surface area contributed by atoms with Gasteiger partial charge in [-0.25, -0.2) is 9.97 Å². The van der Waals surface area contributed by atoms with E-state index >= 15 is 0 Å². The van der Waals surface area contributed by atoms with Gasteiger partial charge in [-0.3, -0.25) is 4.68 Å². The van der Waals surface area contributed by atoms with E-state index in [1.165, 1.54) is 5.56 Å². The van der Waals surface area contributed by atoms with Crippen LogP contribution in [0.5, 0.6) is 0 Å². The zero-order valence-electron chi connectivity index (χ0n) is 14.9. The molecule has 4 rings (SSSR count). The molecule has 0 bridgehead atoms. The molecule has 1 saturated heterocycles. The highest BCUT2D eigenvalue weighted by molar-refractivity contribution is 5.36. The van der Waals surface area contributed by atoms with Crippen LogP contribution in [-0.4, -0.2) is 32.4 Å². The summed E-state index contributed by atoms with van der Waals surface area (Å²) in [6.07, 6.45) is 8.51.